The average molecular weight is 369 g/mol. The molecule has 0 unspecified atom stereocenters. The van der Waals surface area contributed by atoms with Crippen LogP contribution in [0.15, 0.2) is 30.3 Å². The molecule has 2 aromatic rings. The summed E-state index contributed by atoms with van der Waals surface area (Å²) in [6.45, 7) is 3.29. The molecule has 0 fully saturated rings. The summed E-state index contributed by atoms with van der Waals surface area (Å²) in [6.07, 6.45) is 0. The van der Waals surface area contributed by atoms with E-state index in [-0.39, 0.29) is 0 Å². The summed E-state index contributed by atoms with van der Waals surface area (Å²) >= 11 is 2.28. The van der Waals surface area contributed by atoms with Crippen molar-refractivity contribution in [3.63, 3.8) is 0 Å². The van der Waals surface area contributed by atoms with E-state index in [9.17, 15) is 0 Å². The van der Waals surface area contributed by atoms with Gasteiger partial charge in [0.05, 0.1) is 9.26 Å². The highest BCUT2D eigenvalue weighted by Crippen LogP contribution is 2.28. The van der Waals surface area contributed by atoms with Gasteiger partial charge < -0.3 is 10.1 Å². The quantitative estimate of drug-likeness (QED) is 0.822. The summed E-state index contributed by atoms with van der Waals surface area (Å²) in [6, 6.07) is 10.1. The number of anilines is 1. The standard InChI is InChI=1S/C14H16IN3O/c1-3-16-14-12(15)13(10-7-5-4-6-8-10)17-11(18-14)9-19-2/h4-8H,3,9H2,1-2H3,(H,16,17,18). The van der Waals surface area contributed by atoms with Crippen molar-refractivity contribution >= 4 is 28.4 Å². The van der Waals surface area contributed by atoms with Gasteiger partial charge in [-0.05, 0) is 29.5 Å². The lowest BCUT2D eigenvalue weighted by Crippen LogP contribution is -2.08. The molecule has 0 radical (unpaired) electrons. The smallest absolute Gasteiger partial charge is 0.157 e. The van der Waals surface area contributed by atoms with E-state index in [0.29, 0.717) is 12.4 Å². The van der Waals surface area contributed by atoms with E-state index >= 15 is 0 Å². The lowest BCUT2D eigenvalue weighted by atomic mass is 10.1. The number of aromatic nitrogens is 2. The molecule has 2 rings (SSSR count). The number of methoxy groups -OCH3 is 1. The maximum absolute atomic E-state index is 5.14. The van der Waals surface area contributed by atoms with Gasteiger partial charge in [-0.3, -0.25) is 0 Å². The molecule has 0 bridgehead atoms. The van der Waals surface area contributed by atoms with Crippen LogP contribution in [0.5, 0.6) is 0 Å². The Bertz CT molecular complexity index is 546. The summed E-state index contributed by atoms with van der Waals surface area (Å²) in [5, 5.41) is 3.27. The van der Waals surface area contributed by atoms with Gasteiger partial charge in [0.25, 0.3) is 0 Å². The monoisotopic (exact) mass is 369 g/mol. The fourth-order valence-corrected chi connectivity index (χ4v) is 2.50. The summed E-state index contributed by atoms with van der Waals surface area (Å²) in [7, 11) is 1.65. The largest absolute Gasteiger partial charge is 0.377 e. The molecule has 19 heavy (non-hydrogen) atoms. The summed E-state index contributed by atoms with van der Waals surface area (Å²) < 4.78 is 6.17. The first-order valence-corrected chi connectivity index (χ1v) is 7.18. The van der Waals surface area contributed by atoms with Gasteiger partial charge in [-0.1, -0.05) is 30.3 Å². The van der Waals surface area contributed by atoms with Gasteiger partial charge in [0.15, 0.2) is 5.82 Å². The van der Waals surface area contributed by atoms with Gasteiger partial charge in [-0.15, -0.1) is 0 Å². The number of hydrogen-bond acceptors (Lipinski definition) is 4. The fourth-order valence-electron chi connectivity index (χ4n) is 1.76. The minimum Gasteiger partial charge on any atom is -0.377 e. The number of benzene rings is 1. The molecule has 4 nitrogen and oxygen atoms in total. The van der Waals surface area contributed by atoms with E-state index in [1.54, 1.807) is 7.11 Å². The van der Waals surface area contributed by atoms with Crippen LogP contribution in [0.1, 0.15) is 12.7 Å². The predicted octanol–water partition coefficient (Wildman–Crippen LogP) is 3.33. The van der Waals surface area contributed by atoms with E-state index in [4.69, 9.17) is 4.74 Å². The molecule has 0 aliphatic heterocycles. The zero-order valence-corrected chi connectivity index (χ0v) is 13.1. The molecule has 100 valence electrons. The first-order valence-electron chi connectivity index (χ1n) is 6.11. The third kappa shape index (κ3) is 3.42. The van der Waals surface area contributed by atoms with Crippen LogP contribution in [0, 0.1) is 3.57 Å². The van der Waals surface area contributed by atoms with E-state index in [2.05, 4.69) is 56.9 Å². The zero-order valence-electron chi connectivity index (χ0n) is 11.0. The van der Waals surface area contributed by atoms with Crippen LogP contribution in [0.25, 0.3) is 11.3 Å². The highest BCUT2D eigenvalue weighted by Gasteiger charge is 2.13. The van der Waals surface area contributed by atoms with Crippen LogP contribution in [-0.2, 0) is 11.3 Å². The van der Waals surface area contributed by atoms with E-state index in [1.165, 1.54) is 0 Å². The second-order valence-corrected chi connectivity index (χ2v) is 5.06. The Kier molecular flexibility index (Phi) is 5.09. The molecule has 0 aliphatic rings. The number of halogens is 1. The third-order valence-electron chi connectivity index (χ3n) is 2.56. The van der Waals surface area contributed by atoms with Crippen molar-refractivity contribution in [2.45, 2.75) is 13.5 Å². The summed E-state index contributed by atoms with van der Waals surface area (Å²) in [5.74, 6) is 1.56. The molecule has 0 amide bonds. The lowest BCUT2D eigenvalue weighted by molar-refractivity contribution is 0.178. The molecule has 1 aromatic heterocycles. The second kappa shape index (κ2) is 6.81. The molecule has 0 aliphatic carbocycles. The summed E-state index contributed by atoms with van der Waals surface area (Å²) in [5.41, 5.74) is 2.03. The highest BCUT2D eigenvalue weighted by molar-refractivity contribution is 14.1. The van der Waals surface area contributed by atoms with E-state index in [1.807, 2.05) is 18.2 Å². The maximum atomic E-state index is 5.14. The summed E-state index contributed by atoms with van der Waals surface area (Å²) in [4.78, 5) is 9.07. The van der Waals surface area contributed by atoms with Crippen LogP contribution in [0.2, 0.25) is 0 Å². The first kappa shape index (κ1) is 14.2. The van der Waals surface area contributed by atoms with Crippen molar-refractivity contribution in [2.75, 3.05) is 19.0 Å². The average Bonchev–Trinajstić information content (AvgIpc) is 2.44. The van der Waals surface area contributed by atoms with Crippen molar-refractivity contribution in [3.05, 3.63) is 39.7 Å². The molecule has 0 saturated heterocycles. The van der Waals surface area contributed by atoms with Gasteiger partial charge in [0, 0.05) is 19.2 Å². The Hall–Kier alpha value is -1.21. The molecule has 5 heteroatoms. The minimum absolute atomic E-state index is 0.412. The van der Waals surface area contributed by atoms with Crippen molar-refractivity contribution in [1.82, 2.24) is 9.97 Å². The normalized spacial score (nSPS) is 10.5. The number of hydrogen-bond donors (Lipinski definition) is 1. The van der Waals surface area contributed by atoms with Crippen LogP contribution in [0.4, 0.5) is 5.82 Å². The Morgan fingerprint density at radius 1 is 1.21 bits per heavy atom. The van der Waals surface area contributed by atoms with Gasteiger partial charge in [0.2, 0.25) is 0 Å². The fraction of sp³-hybridized carbons (Fsp3) is 0.286. The van der Waals surface area contributed by atoms with Gasteiger partial charge in [0.1, 0.15) is 12.4 Å². The Labute approximate surface area is 126 Å². The number of nitrogens with zero attached hydrogens (tertiary/aromatic N) is 2. The van der Waals surface area contributed by atoms with Crippen molar-refractivity contribution < 1.29 is 4.74 Å². The Morgan fingerprint density at radius 2 is 1.95 bits per heavy atom. The van der Waals surface area contributed by atoms with Crippen LogP contribution < -0.4 is 5.32 Å². The molecule has 1 heterocycles. The molecule has 0 saturated carbocycles. The maximum Gasteiger partial charge on any atom is 0.157 e. The number of rotatable bonds is 5. The van der Waals surface area contributed by atoms with Gasteiger partial charge in [-0.2, -0.15) is 0 Å². The molecular weight excluding hydrogens is 353 g/mol. The third-order valence-corrected chi connectivity index (χ3v) is 3.58. The van der Waals surface area contributed by atoms with Crippen molar-refractivity contribution in [2.24, 2.45) is 0 Å². The van der Waals surface area contributed by atoms with E-state index < -0.39 is 0 Å². The molecule has 1 N–H and O–H groups in total. The number of nitrogens with one attached hydrogen (secondary N) is 1. The molecule has 0 spiro atoms. The first-order chi connectivity index (χ1) is 9.26. The Balaban J connectivity index is 2.52. The zero-order chi connectivity index (χ0) is 13.7. The topological polar surface area (TPSA) is 47.0 Å². The second-order valence-electron chi connectivity index (χ2n) is 3.98. The van der Waals surface area contributed by atoms with Crippen molar-refractivity contribution in [3.8, 4) is 11.3 Å². The van der Waals surface area contributed by atoms with Gasteiger partial charge >= 0.3 is 0 Å². The van der Waals surface area contributed by atoms with Crippen molar-refractivity contribution in [1.29, 1.82) is 0 Å². The lowest BCUT2D eigenvalue weighted by Gasteiger charge is -2.12. The highest BCUT2D eigenvalue weighted by atomic mass is 127. The SMILES string of the molecule is CCNc1nc(COC)nc(-c2ccccc2)c1I. The molecular formula is C14H16IN3O. The van der Waals surface area contributed by atoms with Crippen LogP contribution >= 0.6 is 22.6 Å². The predicted molar refractivity (Wildman–Crippen MR) is 85.1 cm³/mol. The Morgan fingerprint density at radius 3 is 2.58 bits per heavy atom. The van der Waals surface area contributed by atoms with Crippen LogP contribution in [-0.4, -0.2) is 23.6 Å². The minimum atomic E-state index is 0.412. The number of ether oxygens (including phenoxy) is 1. The van der Waals surface area contributed by atoms with E-state index in [0.717, 1.165) is 27.2 Å². The molecule has 1 aromatic carbocycles. The molecule has 0 atom stereocenters. The van der Waals surface area contributed by atoms with Crippen LogP contribution in [0.3, 0.4) is 0 Å². The van der Waals surface area contributed by atoms with Gasteiger partial charge in [-0.25, -0.2) is 9.97 Å².